The Labute approximate surface area is 204 Å². The molecule has 3 N–H and O–H groups in total. The zero-order chi connectivity index (χ0) is 25.6. The Bertz CT molecular complexity index is 1170. The monoisotopic (exact) mass is 512 g/mol. The first kappa shape index (κ1) is 26.3. The molecule has 4 rings (SSSR count). The molecule has 2 heterocycles. The van der Waals surface area contributed by atoms with Crippen molar-refractivity contribution in [3.05, 3.63) is 58.9 Å². The van der Waals surface area contributed by atoms with Gasteiger partial charge in [-0.2, -0.15) is 13.2 Å². The van der Waals surface area contributed by atoms with Crippen molar-refractivity contribution in [1.29, 1.82) is 0 Å². The predicted molar refractivity (Wildman–Crippen MR) is 123 cm³/mol. The fourth-order valence-electron chi connectivity index (χ4n) is 3.59. The van der Waals surface area contributed by atoms with Gasteiger partial charge >= 0.3 is 12.1 Å². The molecule has 0 spiro atoms. The number of alkyl halides is 3. The second-order valence-corrected chi connectivity index (χ2v) is 8.15. The smallest absolute Gasteiger partial charge is 0.490 e. The lowest BCUT2D eigenvalue weighted by Crippen LogP contribution is -2.48. The summed E-state index contributed by atoms with van der Waals surface area (Å²) in [6.45, 7) is 2.16. The van der Waals surface area contributed by atoms with Gasteiger partial charge < -0.3 is 25.0 Å². The number of methoxy groups -OCH3 is 1. The summed E-state index contributed by atoms with van der Waals surface area (Å²) in [4.78, 5) is 31.3. The highest BCUT2D eigenvalue weighted by molar-refractivity contribution is 6.34. The fourth-order valence-corrected chi connectivity index (χ4v) is 3.80. The standard InChI is InChI=1S/C21H23ClN4O2.C2HF3O2/c1-28-15-7-5-14(6-8-15)18-13-26(12-11-23-18)20(27)10-9-19-24-17-4-2-3-16(22)21(17)25-19;3-2(4,5)1(6)7/h2-8,18,23H,9-13H2,1H3,(H,24,25);(H,6,7). The van der Waals surface area contributed by atoms with Crippen molar-refractivity contribution in [1.82, 2.24) is 20.2 Å². The number of hydrogen-bond donors (Lipinski definition) is 3. The summed E-state index contributed by atoms with van der Waals surface area (Å²) in [5.41, 5.74) is 2.82. The summed E-state index contributed by atoms with van der Waals surface area (Å²) < 4.78 is 37.0. The number of aromatic nitrogens is 2. The lowest BCUT2D eigenvalue weighted by molar-refractivity contribution is -0.192. The summed E-state index contributed by atoms with van der Waals surface area (Å²) >= 11 is 6.18. The number of benzene rings is 2. The topological polar surface area (TPSA) is 108 Å². The Morgan fingerprint density at radius 3 is 2.51 bits per heavy atom. The number of imidazole rings is 1. The van der Waals surface area contributed by atoms with Crippen LogP contribution in [0.2, 0.25) is 5.02 Å². The van der Waals surface area contributed by atoms with E-state index in [9.17, 15) is 18.0 Å². The molecule has 0 aliphatic carbocycles. The van der Waals surface area contributed by atoms with Gasteiger partial charge in [0.05, 0.1) is 17.6 Å². The molecule has 1 aromatic heterocycles. The van der Waals surface area contributed by atoms with Gasteiger partial charge in [0.25, 0.3) is 0 Å². The lowest BCUT2D eigenvalue weighted by atomic mass is 10.0. The number of aromatic amines is 1. The zero-order valence-corrected chi connectivity index (χ0v) is 19.5. The molecule has 1 aliphatic heterocycles. The summed E-state index contributed by atoms with van der Waals surface area (Å²) in [5, 5.41) is 11.2. The number of amides is 1. The first-order chi connectivity index (χ1) is 16.6. The second-order valence-electron chi connectivity index (χ2n) is 7.74. The van der Waals surface area contributed by atoms with Crippen LogP contribution in [-0.4, -0.2) is 64.8 Å². The van der Waals surface area contributed by atoms with E-state index in [0.29, 0.717) is 24.4 Å². The molecule has 3 aromatic rings. The number of aryl methyl sites for hydroxylation is 1. The van der Waals surface area contributed by atoms with Crippen molar-refractivity contribution in [3.8, 4) is 5.75 Å². The number of para-hydroxylation sites is 1. The van der Waals surface area contributed by atoms with E-state index in [4.69, 9.17) is 26.2 Å². The number of carbonyl (C=O) groups is 2. The number of carboxylic acids is 1. The Hall–Kier alpha value is -3.31. The minimum Gasteiger partial charge on any atom is -0.497 e. The largest absolute Gasteiger partial charge is 0.497 e. The van der Waals surface area contributed by atoms with Crippen molar-refractivity contribution >= 4 is 34.5 Å². The number of nitrogens with zero attached hydrogens (tertiary/aromatic N) is 2. The van der Waals surface area contributed by atoms with Crippen LogP contribution in [0, 0.1) is 0 Å². The average molecular weight is 513 g/mol. The van der Waals surface area contributed by atoms with E-state index < -0.39 is 12.1 Å². The van der Waals surface area contributed by atoms with Crippen molar-refractivity contribution in [2.45, 2.75) is 25.1 Å². The second kappa shape index (κ2) is 11.4. The van der Waals surface area contributed by atoms with Crippen LogP contribution in [-0.2, 0) is 16.0 Å². The summed E-state index contributed by atoms with van der Waals surface area (Å²) in [6, 6.07) is 13.8. The highest BCUT2D eigenvalue weighted by atomic mass is 35.5. The zero-order valence-electron chi connectivity index (χ0n) is 18.7. The SMILES string of the molecule is COc1ccc(C2CN(C(=O)CCc3nc4c(Cl)cccc4[nH]3)CCN2)cc1.O=C(O)C(F)(F)F. The van der Waals surface area contributed by atoms with Gasteiger partial charge in [-0.3, -0.25) is 4.79 Å². The Morgan fingerprint density at radius 2 is 1.91 bits per heavy atom. The number of fused-ring (bicyclic) bond motifs is 1. The van der Waals surface area contributed by atoms with Crippen LogP contribution in [0.5, 0.6) is 5.75 Å². The Kier molecular flexibility index (Phi) is 8.57. The maximum absolute atomic E-state index is 12.7. The number of nitrogens with one attached hydrogen (secondary N) is 2. The molecule has 1 unspecified atom stereocenters. The number of carbonyl (C=O) groups excluding carboxylic acids is 1. The molecule has 1 atom stereocenters. The number of rotatable bonds is 5. The van der Waals surface area contributed by atoms with E-state index in [1.54, 1.807) is 7.11 Å². The molecule has 1 saturated heterocycles. The maximum atomic E-state index is 12.7. The molecule has 35 heavy (non-hydrogen) atoms. The third kappa shape index (κ3) is 7.09. The van der Waals surface area contributed by atoms with Crippen LogP contribution in [0.4, 0.5) is 13.2 Å². The summed E-state index contributed by atoms with van der Waals surface area (Å²) in [6.07, 6.45) is -4.09. The quantitative estimate of drug-likeness (QED) is 0.477. The molecule has 188 valence electrons. The van der Waals surface area contributed by atoms with Crippen LogP contribution in [0.25, 0.3) is 11.0 Å². The minimum absolute atomic E-state index is 0.133. The number of carboxylic acid groups (broad SMARTS) is 1. The number of aliphatic carboxylic acids is 1. The molecule has 8 nitrogen and oxygen atoms in total. The number of H-pyrrole nitrogens is 1. The van der Waals surface area contributed by atoms with Gasteiger partial charge in [0.2, 0.25) is 5.91 Å². The summed E-state index contributed by atoms with van der Waals surface area (Å²) in [5.74, 6) is -0.990. The summed E-state index contributed by atoms with van der Waals surface area (Å²) in [7, 11) is 1.66. The number of ether oxygens (including phenoxy) is 1. The van der Waals surface area contributed by atoms with Crippen molar-refractivity contribution in [2.24, 2.45) is 0 Å². The first-order valence-corrected chi connectivity index (χ1v) is 11.0. The molecule has 12 heteroatoms. The van der Waals surface area contributed by atoms with Gasteiger partial charge in [0, 0.05) is 38.5 Å². The molecule has 1 aliphatic rings. The Balaban J connectivity index is 0.000000429. The van der Waals surface area contributed by atoms with Gasteiger partial charge in [0.1, 0.15) is 17.1 Å². The van der Waals surface area contributed by atoms with E-state index in [2.05, 4.69) is 15.3 Å². The van der Waals surface area contributed by atoms with Crippen LogP contribution in [0.1, 0.15) is 23.9 Å². The maximum Gasteiger partial charge on any atom is 0.490 e. The minimum atomic E-state index is -5.08. The molecular weight excluding hydrogens is 489 g/mol. The van der Waals surface area contributed by atoms with Gasteiger partial charge in [-0.05, 0) is 29.8 Å². The van der Waals surface area contributed by atoms with Crippen LogP contribution in [0.15, 0.2) is 42.5 Å². The number of halogens is 4. The third-order valence-corrected chi connectivity index (χ3v) is 5.68. The van der Waals surface area contributed by atoms with Gasteiger partial charge in [-0.25, -0.2) is 9.78 Å². The van der Waals surface area contributed by atoms with E-state index in [-0.39, 0.29) is 11.9 Å². The average Bonchev–Trinajstić information content (AvgIpc) is 3.27. The highest BCUT2D eigenvalue weighted by Crippen LogP contribution is 2.23. The van der Waals surface area contributed by atoms with Crippen molar-refractivity contribution in [3.63, 3.8) is 0 Å². The van der Waals surface area contributed by atoms with E-state index in [0.717, 1.165) is 41.3 Å². The van der Waals surface area contributed by atoms with E-state index in [1.807, 2.05) is 47.4 Å². The van der Waals surface area contributed by atoms with Crippen LogP contribution in [0.3, 0.4) is 0 Å². The molecule has 1 fully saturated rings. The van der Waals surface area contributed by atoms with Gasteiger partial charge in [0.15, 0.2) is 0 Å². The lowest BCUT2D eigenvalue weighted by Gasteiger charge is -2.34. The normalized spacial score (nSPS) is 15.9. The molecule has 2 aromatic carbocycles. The molecule has 0 saturated carbocycles. The van der Waals surface area contributed by atoms with E-state index >= 15 is 0 Å². The number of hydrogen-bond acceptors (Lipinski definition) is 5. The van der Waals surface area contributed by atoms with Gasteiger partial charge in [-0.15, -0.1) is 0 Å². The molecule has 0 radical (unpaired) electrons. The first-order valence-electron chi connectivity index (χ1n) is 10.7. The Morgan fingerprint density at radius 1 is 1.23 bits per heavy atom. The third-order valence-electron chi connectivity index (χ3n) is 5.38. The van der Waals surface area contributed by atoms with E-state index in [1.165, 1.54) is 0 Å². The number of piperazine rings is 1. The predicted octanol–water partition coefficient (Wildman–Crippen LogP) is 3.96. The molecule has 0 bridgehead atoms. The van der Waals surface area contributed by atoms with Crippen LogP contribution >= 0.6 is 11.6 Å². The van der Waals surface area contributed by atoms with Crippen molar-refractivity contribution < 1.29 is 32.6 Å². The van der Waals surface area contributed by atoms with Crippen LogP contribution < -0.4 is 10.1 Å². The van der Waals surface area contributed by atoms with Gasteiger partial charge in [-0.1, -0.05) is 29.8 Å². The molecular formula is C23H24ClF3N4O4. The van der Waals surface area contributed by atoms with Crippen molar-refractivity contribution in [2.75, 3.05) is 26.7 Å². The highest BCUT2D eigenvalue weighted by Gasteiger charge is 2.38. The fraction of sp³-hybridized carbons (Fsp3) is 0.348. The molecule has 1 amide bonds.